The molecule has 0 unspecified atom stereocenters. The molecule has 6 nitrogen and oxygen atoms in total. The van der Waals surface area contributed by atoms with Gasteiger partial charge in [-0.2, -0.15) is 5.26 Å². The third kappa shape index (κ3) is 4.61. The summed E-state index contributed by atoms with van der Waals surface area (Å²) in [6, 6.07) is 62.2. The van der Waals surface area contributed by atoms with Crippen LogP contribution >= 0.6 is 0 Å². The quantitative estimate of drug-likeness (QED) is 0.167. The Morgan fingerprint density at radius 2 is 1.07 bits per heavy atom. The number of aromatic nitrogens is 2. The summed E-state index contributed by atoms with van der Waals surface area (Å²) >= 11 is 0. The van der Waals surface area contributed by atoms with E-state index < -0.39 is 0 Å². The van der Waals surface area contributed by atoms with Gasteiger partial charge in [-0.3, -0.25) is 0 Å². The van der Waals surface area contributed by atoms with Crippen molar-refractivity contribution in [2.24, 2.45) is 0 Å². The molecule has 0 aliphatic carbocycles. The minimum atomic E-state index is 0.374. The van der Waals surface area contributed by atoms with Crippen molar-refractivity contribution in [3.63, 3.8) is 0 Å². The molecule has 0 radical (unpaired) electrons. The first-order valence-corrected chi connectivity index (χ1v) is 18.4. The predicted octanol–water partition coefficient (Wildman–Crippen LogP) is 13.7. The van der Waals surface area contributed by atoms with Crippen molar-refractivity contribution in [2.75, 3.05) is 4.90 Å². The van der Waals surface area contributed by atoms with Gasteiger partial charge in [0.1, 0.15) is 17.2 Å². The maximum atomic E-state index is 10.9. The fraction of sp³-hybridized carbons (Fsp3) is 0. The van der Waals surface area contributed by atoms with Crippen molar-refractivity contribution in [3.05, 3.63) is 193 Å². The molecular formula is C50H29N5O. The van der Waals surface area contributed by atoms with Gasteiger partial charge in [0.15, 0.2) is 0 Å². The van der Waals surface area contributed by atoms with Gasteiger partial charge in [0.2, 0.25) is 5.69 Å². The fourth-order valence-electron chi connectivity index (χ4n) is 8.56. The van der Waals surface area contributed by atoms with Crippen LogP contribution in [-0.2, 0) is 0 Å². The first-order valence-electron chi connectivity index (χ1n) is 18.4. The van der Waals surface area contributed by atoms with Gasteiger partial charge < -0.3 is 18.5 Å². The maximum Gasteiger partial charge on any atom is 0.214 e. The van der Waals surface area contributed by atoms with Crippen LogP contribution < -0.4 is 4.90 Å². The van der Waals surface area contributed by atoms with Gasteiger partial charge in [-0.25, -0.2) is 4.85 Å². The van der Waals surface area contributed by atoms with Crippen LogP contribution in [0.2, 0.25) is 0 Å². The summed E-state index contributed by atoms with van der Waals surface area (Å²) in [6.45, 7) is 8.54. The average Bonchev–Trinajstić information content (AvgIpc) is 3.91. The highest BCUT2D eigenvalue weighted by Gasteiger charge is 2.23. The van der Waals surface area contributed by atoms with Gasteiger partial charge in [-0.1, -0.05) is 91.0 Å². The zero-order valence-electron chi connectivity index (χ0n) is 29.9. The summed E-state index contributed by atoms with van der Waals surface area (Å²) in [6.07, 6.45) is 0. The number of rotatable bonds is 5. The second-order valence-corrected chi connectivity index (χ2v) is 14.0. The van der Waals surface area contributed by atoms with Crippen molar-refractivity contribution in [1.82, 2.24) is 9.13 Å². The lowest BCUT2D eigenvalue weighted by atomic mass is 10.1. The minimum Gasteiger partial charge on any atom is -0.456 e. The molecular weight excluding hydrogens is 687 g/mol. The monoisotopic (exact) mass is 715 g/mol. The first-order chi connectivity index (χ1) is 27.7. The van der Waals surface area contributed by atoms with Crippen molar-refractivity contribution in [1.29, 1.82) is 5.26 Å². The lowest BCUT2D eigenvalue weighted by Crippen LogP contribution is -2.11. The fourth-order valence-corrected chi connectivity index (χ4v) is 8.56. The van der Waals surface area contributed by atoms with Crippen LogP contribution in [0.1, 0.15) is 5.56 Å². The number of nitriles is 1. The van der Waals surface area contributed by atoms with E-state index in [1.54, 1.807) is 0 Å². The molecule has 3 heterocycles. The van der Waals surface area contributed by atoms with Crippen molar-refractivity contribution < 1.29 is 4.42 Å². The largest absolute Gasteiger partial charge is 0.456 e. The smallest absolute Gasteiger partial charge is 0.214 e. The Morgan fingerprint density at radius 3 is 1.77 bits per heavy atom. The van der Waals surface area contributed by atoms with Crippen LogP contribution in [0.25, 0.3) is 81.8 Å². The Bertz CT molecular complexity index is 3380. The van der Waals surface area contributed by atoms with E-state index in [9.17, 15) is 5.26 Å². The third-order valence-corrected chi connectivity index (χ3v) is 10.9. The zero-order chi connectivity index (χ0) is 37.3. The van der Waals surface area contributed by atoms with Crippen molar-refractivity contribution in [2.45, 2.75) is 0 Å². The van der Waals surface area contributed by atoms with Gasteiger partial charge in [0.05, 0.1) is 39.9 Å². The van der Waals surface area contributed by atoms with E-state index in [0.29, 0.717) is 22.6 Å². The molecule has 0 spiro atoms. The van der Waals surface area contributed by atoms with Crippen LogP contribution in [0.4, 0.5) is 22.7 Å². The zero-order valence-corrected chi connectivity index (χ0v) is 29.9. The summed E-state index contributed by atoms with van der Waals surface area (Å²) in [5.74, 6) is 0. The lowest BCUT2D eigenvalue weighted by Gasteiger charge is -2.27. The molecule has 11 rings (SSSR count). The SMILES string of the molecule is [C-]#[N+]c1cc(N(c2ccccc2)c2ccc3c(c2)oc2ccccc23)cc(C#N)c1-n1c2ccccc2c2cc(-n3c4ccccc4c4ccccc43)ccc21. The van der Waals surface area contributed by atoms with Crippen LogP contribution in [0.5, 0.6) is 0 Å². The molecule has 0 saturated heterocycles. The third-order valence-electron chi connectivity index (χ3n) is 10.9. The number of benzene rings is 8. The number of hydrogen-bond donors (Lipinski definition) is 0. The maximum absolute atomic E-state index is 10.9. The number of anilines is 3. The molecule has 6 heteroatoms. The van der Waals surface area contributed by atoms with Crippen LogP contribution in [0.3, 0.4) is 0 Å². The highest BCUT2D eigenvalue weighted by molar-refractivity contribution is 6.13. The molecule has 0 atom stereocenters. The van der Waals surface area contributed by atoms with Crippen molar-refractivity contribution in [3.8, 4) is 17.4 Å². The second kappa shape index (κ2) is 12.2. The van der Waals surface area contributed by atoms with Crippen LogP contribution in [-0.4, -0.2) is 9.13 Å². The standard InChI is InChI=1S/C50H29N5O/c1-52-43-29-36(53(33-13-3-2-4-14-33)35-23-25-41-40-18-8-12-22-48(40)56-49(41)30-35)27-32(31-51)50(43)55-46-21-11-7-17-39(46)42-28-34(24-26-47(42)55)54-44-19-9-5-15-37(44)38-16-6-10-20-45(38)54/h2-30H. The molecule has 260 valence electrons. The van der Waals surface area contributed by atoms with Crippen LogP contribution in [0.15, 0.2) is 180 Å². The lowest BCUT2D eigenvalue weighted by molar-refractivity contribution is 0.669. The van der Waals surface area contributed by atoms with E-state index in [-0.39, 0.29) is 0 Å². The Balaban J connectivity index is 1.13. The highest BCUT2D eigenvalue weighted by Crippen LogP contribution is 2.44. The van der Waals surface area contributed by atoms with Crippen molar-refractivity contribution >= 4 is 88.3 Å². The second-order valence-electron chi connectivity index (χ2n) is 14.0. The molecule has 8 aromatic carbocycles. The first kappa shape index (κ1) is 31.5. The molecule has 0 aliphatic heterocycles. The summed E-state index contributed by atoms with van der Waals surface area (Å²) in [5.41, 5.74) is 10.5. The van der Waals surface area contributed by atoms with E-state index in [1.165, 1.54) is 10.8 Å². The predicted molar refractivity (Wildman–Crippen MR) is 228 cm³/mol. The van der Waals surface area contributed by atoms with Gasteiger partial charge in [0, 0.05) is 61.1 Å². The van der Waals surface area contributed by atoms with Gasteiger partial charge in [-0.05, 0) is 78.9 Å². The number of nitrogens with zero attached hydrogens (tertiary/aromatic N) is 5. The minimum absolute atomic E-state index is 0.374. The number of fused-ring (bicyclic) bond motifs is 9. The summed E-state index contributed by atoms with van der Waals surface area (Å²) in [7, 11) is 0. The molecule has 0 saturated carbocycles. The van der Waals surface area contributed by atoms with E-state index >= 15 is 0 Å². The highest BCUT2D eigenvalue weighted by atomic mass is 16.3. The average molecular weight is 716 g/mol. The number of hydrogen-bond acceptors (Lipinski definition) is 3. The summed E-state index contributed by atoms with van der Waals surface area (Å²) in [4.78, 5) is 6.19. The Kier molecular flexibility index (Phi) is 6.88. The van der Waals surface area contributed by atoms with Gasteiger partial charge >= 0.3 is 0 Å². The number of para-hydroxylation sites is 5. The molecule has 3 aromatic heterocycles. The van der Waals surface area contributed by atoms with Gasteiger partial charge in [-0.15, -0.1) is 0 Å². The normalized spacial score (nSPS) is 11.5. The summed E-state index contributed by atoms with van der Waals surface area (Å²) in [5, 5.41) is 17.5. The Labute approximate surface area is 321 Å². The molecule has 0 N–H and O–H groups in total. The van der Waals surface area contributed by atoms with E-state index in [1.807, 2.05) is 78.9 Å². The molecule has 11 aromatic rings. The molecule has 56 heavy (non-hydrogen) atoms. The molecule has 0 fully saturated rings. The molecule has 0 bridgehead atoms. The summed E-state index contributed by atoms with van der Waals surface area (Å²) < 4.78 is 10.7. The van der Waals surface area contributed by atoms with E-state index in [4.69, 9.17) is 11.0 Å². The Morgan fingerprint density at radius 1 is 0.482 bits per heavy atom. The van der Waals surface area contributed by atoms with E-state index in [2.05, 4.69) is 122 Å². The van der Waals surface area contributed by atoms with Crippen LogP contribution in [0, 0.1) is 17.9 Å². The Hall–Kier alpha value is -8.06. The molecule has 0 amide bonds. The molecule has 0 aliphatic rings. The van der Waals surface area contributed by atoms with E-state index in [0.717, 1.165) is 71.8 Å². The van der Waals surface area contributed by atoms with Gasteiger partial charge in [0.25, 0.3) is 0 Å². The number of furan rings is 1. The topological polar surface area (TPSA) is 54.4 Å².